The first kappa shape index (κ1) is 23.9. The van der Waals surface area contributed by atoms with Gasteiger partial charge in [-0.2, -0.15) is 13.2 Å². The van der Waals surface area contributed by atoms with E-state index in [1.807, 2.05) is 6.92 Å². The van der Waals surface area contributed by atoms with E-state index in [4.69, 9.17) is 16.3 Å². The van der Waals surface area contributed by atoms with Crippen LogP contribution in [0.4, 0.5) is 18.3 Å². The first-order valence-electron chi connectivity index (χ1n) is 10.6. The van der Waals surface area contributed by atoms with Gasteiger partial charge in [0, 0.05) is 36.8 Å². The maximum Gasteiger partial charge on any atom is 0.416 e. The minimum atomic E-state index is -4.53. The van der Waals surface area contributed by atoms with E-state index < -0.39 is 17.6 Å². The maximum atomic E-state index is 13.4. The van der Waals surface area contributed by atoms with Gasteiger partial charge < -0.3 is 4.74 Å². The molecule has 2 heterocycles. The molecule has 1 aromatic heterocycles. The Balaban J connectivity index is 1.63. The van der Waals surface area contributed by atoms with E-state index in [1.165, 1.54) is 28.4 Å². The van der Waals surface area contributed by atoms with Crippen LogP contribution in [0.25, 0.3) is 10.2 Å². The number of halogens is 4. The number of morpholine rings is 1. The highest BCUT2D eigenvalue weighted by molar-refractivity contribution is 7.22. The number of rotatable bonds is 6. The van der Waals surface area contributed by atoms with Crippen LogP contribution in [-0.2, 0) is 10.9 Å². The number of hydrogen-bond donors (Lipinski definition) is 0. The van der Waals surface area contributed by atoms with Crippen LogP contribution in [0.2, 0.25) is 5.02 Å². The molecule has 4 rings (SSSR count). The lowest BCUT2D eigenvalue weighted by Gasteiger charge is -2.27. The number of anilines is 1. The average molecular weight is 498 g/mol. The number of thiazole rings is 1. The smallest absolute Gasteiger partial charge is 0.379 e. The molecular formula is C23H23ClF3N3O2S. The van der Waals surface area contributed by atoms with Gasteiger partial charge in [-0.25, -0.2) is 4.98 Å². The van der Waals surface area contributed by atoms with E-state index >= 15 is 0 Å². The van der Waals surface area contributed by atoms with Crippen LogP contribution in [0.5, 0.6) is 0 Å². The molecule has 0 radical (unpaired) electrons. The van der Waals surface area contributed by atoms with Crippen LogP contribution in [-0.4, -0.2) is 55.2 Å². The Labute approximate surface area is 198 Å². The normalized spacial score (nSPS) is 15.2. The summed E-state index contributed by atoms with van der Waals surface area (Å²) in [4.78, 5) is 21.8. The fourth-order valence-electron chi connectivity index (χ4n) is 3.80. The Morgan fingerprint density at radius 2 is 2.00 bits per heavy atom. The van der Waals surface area contributed by atoms with Crippen molar-refractivity contribution in [3.8, 4) is 0 Å². The minimum absolute atomic E-state index is 0.0230. The highest BCUT2D eigenvalue weighted by Gasteiger charge is 2.32. The van der Waals surface area contributed by atoms with Gasteiger partial charge in [-0.15, -0.1) is 0 Å². The number of hydrogen-bond acceptors (Lipinski definition) is 5. The molecule has 0 aliphatic carbocycles. The minimum Gasteiger partial charge on any atom is -0.379 e. The summed E-state index contributed by atoms with van der Waals surface area (Å²) in [5.74, 6) is -0.508. The monoisotopic (exact) mass is 497 g/mol. The van der Waals surface area contributed by atoms with Crippen LogP contribution in [0, 0.1) is 6.92 Å². The lowest BCUT2D eigenvalue weighted by Crippen LogP contribution is -2.39. The van der Waals surface area contributed by atoms with E-state index in [2.05, 4.69) is 9.88 Å². The van der Waals surface area contributed by atoms with E-state index in [9.17, 15) is 18.0 Å². The van der Waals surface area contributed by atoms with E-state index in [-0.39, 0.29) is 5.56 Å². The van der Waals surface area contributed by atoms with Crippen molar-refractivity contribution in [3.63, 3.8) is 0 Å². The van der Waals surface area contributed by atoms with Gasteiger partial charge in [-0.05, 0) is 49.2 Å². The van der Waals surface area contributed by atoms with Gasteiger partial charge >= 0.3 is 6.18 Å². The molecule has 10 heteroatoms. The molecule has 0 N–H and O–H groups in total. The molecule has 1 saturated heterocycles. The van der Waals surface area contributed by atoms with Gasteiger partial charge in [0.05, 0.1) is 29.0 Å². The molecule has 1 amide bonds. The number of nitrogens with zero attached hydrogens (tertiary/aromatic N) is 3. The van der Waals surface area contributed by atoms with Crippen LogP contribution in [0.1, 0.15) is 27.9 Å². The van der Waals surface area contributed by atoms with Crippen LogP contribution >= 0.6 is 22.9 Å². The summed E-state index contributed by atoms with van der Waals surface area (Å²) in [5.41, 5.74) is 0.730. The number of alkyl halides is 3. The zero-order valence-electron chi connectivity index (χ0n) is 18.0. The van der Waals surface area contributed by atoms with Crippen molar-refractivity contribution in [1.29, 1.82) is 0 Å². The largest absolute Gasteiger partial charge is 0.416 e. The molecule has 0 atom stereocenters. The molecule has 33 heavy (non-hydrogen) atoms. The van der Waals surface area contributed by atoms with Crippen LogP contribution in [0.15, 0.2) is 36.4 Å². The number of carbonyl (C=O) groups excluding carboxylic acids is 1. The molecular weight excluding hydrogens is 475 g/mol. The van der Waals surface area contributed by atoms with E-state index in [1.54, 1.807) is 12.1 Å². The molecule has 1 fully saturated rings. The summed E-state index contributed by atoms with van der Waals surface area (Å²) in [7, 11) is 0. The third kappa shape index (κ3) is 5.66. The molecule has 0 saturated carbocycles. The summed E-state index contributed by atoms with van der Waals surface area (Å²) in [6.07, 6.45) is -3.87. The number of carbonyl (C=O) groups is 1. The van der Waals surface area contributed by atoms with E-state index in [0.29, 0.717) is 36.3 Å². The van der Waals surface area contributed by atoms with Crippen LogP contribution < -0.4 is 4.90 Å². The zero-order valence-corrected chi connectivity index (χ0v) is 19.6. The highest BCUT2D eigenvalue weighted by atomic mass is 35.5. The molecule has 0 unspecified atom stereocenters. The number of aryl methyl sites for hydroxylation is 1. The van der Waals surface area contributed by atoms with Gasteiger partial charge in [0.1, 0.15) is 0 Å². The third-order valence-electron chi connectivity index (χ3n) is 5.51. The van der Waals surface area contributed by atoms with Crippen molar-refractivity contribution in [3.05, 3.63) is 58.1 Å². The van der Waals surface area contributed by atoms with E-state index in [0.717, 1.165) is 47.5 Å². The predicted molar refractivity (Wildman–Crippen MR) is 124 cm³/mol. The summed E-state index contributed by atoms with van der Waals surface area (Å²) in [5, 5.41) is 1.01. The summed E-state index contributed by atoms with van der Waals surface area (Å²) in [6.45, 7) is 5.95. The molecule has 1 aliphatic heterocycles. The summed E-state index contributed by atoms with van der Waals surface area (Å²) >= 11 is 7.48. The second kappa shape index (κ2) is 9.97. The lowest BCUT2D eigenvalue weighted by atomic mass is 10.1. The molecule has 176 valence electrons. The Bertz CT molecular complexity index is 1150. The Morgan fingerprint density at radius 1 is 1.24 bits per heavy atom. The number of aromatic nitrogens is 1. The van der Waals surface area contributed by atoms with Gasteiger partial charge in [-0.3, -0.25) is 14.6 Å². The second-order valence-electron chi connectivity index (χ2n) is 7.91. The zero-order chi connectivity index (χ0) is 23.6. The van der Waals surface area contributed by atoms with Crippen molar-refractivity contribution in [2.24, 2.45) is 0 Å². The molecule has 0 bridgehead atoms. The van der Waals surface area contributed by atoms with Gasteiger partial charge in [0.2, 0.25) is 0 Å². The summed E-state index contributed by atoms with van der Waals surface area (Å²) in [6, 6.07) is 8.10. The maximum absolute atomic E-state index is 13.4. The first-order valence-corrected chi connectivity index (χ1v) is 11.8. The SMILES string of the molecule is Cc1cc(Cl)cc2sc(N(CCCN3CCOCC3)C(=O)c3cccc(C(F)(F)F)c3)nc12. The molecule has 0 spiro atoms. The fourth-order valence-corrected chi connectivity index (χ4v) is 5.25. The highest BCUT2D eigenvalue weighted by Crippen LogP contribution is 2.34. The molecule has 5 nitrogen and oxygen atoms in total. The Morgan fingerprint density at radius 3 is 2.73 bits per heavy atom. The average Bonchev–Trinajstić information content (AvgIpc) is 3.20. The Kier molecular flexibility index (Phi) is 7.23. The second-order valence-corrected chi connectivity index (χ2v) is 9.35. The molecule has 2 aromatic carbocycles. The van der Waals surface area contributed by atoms with Crippen LogP contribution in [0.3, 0.4) is 0 Å². The predicted octanol–water partition coefficient (Wildman–Crippen LogP) is 5.65. The standard InChI is InChI=1S/C23H23ClF3N3O2S/c1-15-12-18(24)14-19-20(15)28-22(33-19)30(7-3-6-29-8-10-32-11-9-29)21(31)16-4-2-5-17(13-16)23(25,26)27/h2,4-5,12-14H,3,6-11H2,1H3. The number of benzene rings is 2. The third-order valence-corrected chi connectivity index (χ3v) is 6.76. The van der Waals surface area contributed by atoms with Gasteiger partial charge in [0.25, 0.3) is 5.91 Å². The van der Waals surface area contributed by atoms with Gasteiger partial charge in [-0.1, -0.05) is 29.0 Å². The number of ether oxygens (including phenoxy) is 1. The van der Waals surface area contributed by atoms with Crippen molar-refractivity contribution >= 4 is 44.2 Å². The number of amides is 1. The van der Waals surface area contributed by atoms with Crippen molar-refractivity contribution in [2.75, 3.05) is 44.3 Å². The quantitative estimate of drug-likeness (QED) is 0.442. The topological polar surface area (TPSA) is 45.7 Å². The van der Waals surface area contributed by atoms with Crippen molar-refractivity contribution < 1.29 is 22.7 Å². The number of fused-ring (bicyclic) bond motifs is 1. The first-order chi connectivity index (χ1) is 15.7. The summed E-state index contributed by atoms with van der Waals surface area (Å²) < 4.78 is 45.9. The molecule has 1 aliphatic rings. The van der Waals surface area contributed by atoms with Gasteiger partial charge in [0.15, 0.2) is 5.13 Å². The molecule has 3 aromatic rings. The lowest BCUT2D eigenvalue weighted by molar-refractivity contribution is -0.137. The Hall–Kier alpha value is -2.20. The van der Waals surface area contributed by atoms with Crippen molar-refractivity contribution in [2.45, 2.75) is 19.5 Å². The fraction of sp³-hybridized carbons (Fsp3) is 0.391. The van der Waals surface area contributed by atoms with Crippen molar-refractivity contribution in [1.82, 2.24) is 9.88 Å².